The van der Waals surface area contributed by atoms with Crippen LogP contribution >= 0.6 is 11.6 Å². The van der Waals surface area contributed by atoms with E-state index in [9.17, 15) is 22.7 Å². The van der Waals surface area contributed by atoms with Gasteiger partial charge in [0.05, 0.1) is 12.1 Å². The van der Waals surface area contributed by atoms with Gasteiger partial charge >= 0.3 is 12.3 Å². The van der Waals surface area contributed by atoms with Crippen molar-refractivity contribution in [2.45, 2.75) is 18.5 Å². The van der Waals surface area contributed by atoms with Gasteiger partial charge in [-0.15, -0.1) is 0 Å². The second kappa shape index (κ2) is 5.10. The lowest BCUT2D eigenvalue weighted by Crippen LogP contribution is -2.34. The Balaban J connectivity index is 3.05. The maximum atomic E-state index is 12.9. The third-order valence-electron chi connectivity index (χ3n) is 2.15. The minimum Gasteiger partial charge on any atom is -0.495 e. The zero-order valence-corrected chi connectivity index (χ0v) is 9.39. The summed E-state index contributed by atoms with van der Waals surface area (Å²) in [4.78, 5) is 0. The molecule has 1 atom stereocenters. The van der Waals surface area contributed by atoms with Crippen LogP contribution in [-0.4, -0.2) is 24.6 Å². The molecule has 17 heavy (non-hydrogen) atoms. The van der Waals surface area contributed by atoms with Gasteiger partial charge < -0.3 is 9.84 Å². The van der Waals surface area contributed by atoms with E-state index >= 15 is 0 Å². The lowest BCUT2D eigenvalue weighted by atomic mass is 10.0. The molecular formula is C10H9ClF4O2. The van der Waals surface area contributed by atoms with Crippen molar-refractivity contribution in [3.05, 3.63) is 28.8 Å². The quantitative estimate of drug-likeness (QED) is 0.853. The van der Waals surface area contributed by atoms with E-state index in [0.717, 1.165) is 12.1 Å². The van der Waals surface area contributed by atoms with E-state index in [1.54, 1.807) is 0 Å². The molecule has 2 nitrogen and oxygen atoms in total. The van der Waals surface area contributed by atoms with Crippen molar-refractivity contribution in [1.29, 1.82) is 0 Å². The third kappa shape index (κ3) is 2.81. The Morgan fingerprint density at radius 2 is 1.94 bits per heavy atom. The highest BCUT2D eigenvalue weighted by molar-refractivity contribution is 6.32. The number of hydrogen-bond acceptors (Lipinski definition) is 2. The molecule has 1 unspecified atom stereocenters. The van der Waals surface area contributed by atoms with Crippen LogP contribution in [0.3, 0.4) is 0 Å². The molecule has 1 rings (SSSR count). The molecule has 0 amide bonds. The van der Waals surface area contributed by atoms with E-state index < -0.39 is 24.0 Å². The van der Waals surface area contributed by atoms with E-state index in [-0.39, 0.29) is 10.8 Å². The minimum absolute atomic E-state index is 0.0471. The molecule has 7 heteroatoms. The largest absolute Gasteiger partial charge is 0.495 e. The van der Waals surface area contributed by atoms with Crippen LogP contribution in [0.4, 0.5) is 17.6 Å². The Hall–Kier alpha value is -1.01. The van der Waals surface area contributed by atoms with Crippen LogP contribution in [0.15, 0.2) is 18.2 Å². The summed E-state index contributed by atoms with van der Waals surface area (Å²) in [7, 11) is 1.31. The van der Waals surface area contributed by atoms with Crippen LogP contribution in [0.1, 0.15) is 11.7 Å². The fraction of sp³-hybridized carbons (Fsp3) is 0.400. The lowest BCUT2D eigenvalue weighted by molar-refractivity contribution is -0.193. The predicted molar refractivity (Wildman–Crippen MR) is 53.9 cm³/mol. The van der Waals surface area contributed by atoms with Gasteiger partial charge in [-0.05, 0) is 17.7 Å². The number of halogens is 5. The van der Waals surface area contributed by atoms with Gasteiger partial charge in [-0.25, -0.2) is 8.78 Å². The first kappa shape index (κ1) is 14.1. The standard InChI is InChI=1S/C10H9ClF4O2/c1-17-7-3-2-5(4-6(7)11)8(16)10(14,15)9(12)13/h2-4,8-9,16H,1H3. The summed E-state index contributed by atoms with van der Waals surface area (Å²) in [6.45, 7) is 0. The maximum Gasteiger partial charge on any atom is 0.336 e. The van der Waals surface area contributed by atoms with Crippen molar-refractivity contribution in [3.8, 4) is 5.75 Å². The molecule has 0 saturated carbocycles. The Morgan fingerprint density at radius 1 is 1.35 bits per heavy atom. The SMILES string of the molecule is COc1ccc(C(O)C(F)(F)C(F)F)cc1Cl. The molecule has 0 aliphatic heterocycles. The van der Waals surface area contributed by atoms with Gasteiger partial charge in [0.1, 0.15) is 11.9 Å². The first-order valence-electron chi connectivity index (χ1n) is 4.48. The Labute approximate surface area is 99.8 Å². The average Bonchev–Trinajstić information content (AvgIpc) is 2.27. The molecule has 1 N–H and O–H groups in total. The zero-order chi connectivity index (χ0) is 13.2. The number of alkyl halides is 4. The highest BCUT2D eigenvalue weighted by Crippen LogP contribution is 2.38. The van der Waals surface area contributed by atoms with Crippen molar-refractivity contribution in [1.82, 2.24) is 0 Å². The summed E-state index contributed by atoms with van der Waals surface area (Å²) in [6.07, 6.45) is -6.58. The lowest BCUT2D eigenvalue weighted by Gasteiger charge is -2.22. The molecule has 0 bridgehead atoms. The van der Waals surface area contributed by atoms with Crippen LogP contribution in [0.5, 0.6) is 5.75 Å². The number of methoxy groups -OCH3 is 1. The third-order valence-corrected chi connectivity index (χ3v) is 2.44. The van der Waals surface area contributed by atoms with Crippen LogP contribution in [0.25, 0.3) is 0 Å². The van der Waals surface area contributed by atoms with E-state index in [0.29, 0.717) is 0 Å². The van der Waals surface area contributed by atoms with Gasteiger partial charge in [-0.2, -0.15) is 8.78 Å². The van der Waals surface area contributed by atoms with E-state index in [4.69, 9.17) is 16.3 Å². The molecule has 0 heterocycles. The number of rotatable bonds is 4. The van der Waals surface area contributed by atoms with E-state index in [1.807, 2.05) is 0 Å². The molecule has 96 valence electrons. The van der Waals surface area contributed by atoms with Crippen molar-refractivity contribution < 1.29 is 27.4 Å². The number of ether oxygens (including phenoxy) is 1. The van der Waals surface area contributed by atoms with Crippen molar-refractivity contribution in [3.63, 3.8) is 0 Å². The first-order valence-corrected chi connectivity index (χ1v) is 4.86. The molecule has 0 spiro atoms. The average molecular weight is 273 g/mol. The van der Waals surface area contributed by atoms with Gasteiger partial charge in [0.2, 0.25) is 0 Å². The summed E-state index contributed by atoms with van der Waals surface area (Å²) in [5, 5.41) is 9.13. The maximum absolute atomic E-state index is 12.9. The molecule has 1 aromatic carbocycles. The normalized spacial score (nSPS) is 13.9. The van der Waals surface area contributed by atoms with Crippen molar-refractivity contribution >= 4 is 11.6 Å². The molecule has 1 aromatic rings. The van der Waals surface area contributed by atoms with Gasteiger partial charge in [0.25, 0.3) is 0 Å². The first-order chi connectivity index (χ1) is 7.80. The second-order valence-corrected chi connectivity index (χ2v) is 3.68. The summed E-state index contributed by atoms with van der Waals surface area (Å²) < 4.78 is 54.5. The Morgan fingerprint density at radius 3 is 2.35 bits per heavy atom. The molecule has 0 aliphatic rings. The monoisotopic (exact) mass is 272 g/mol. The van der Waals surface area contributed by atoms with Crippen molar-refractivity contribution in [2.75, 3.05) is 7.11 Å². The van der Waals surface area contributed by atoms with Crippen LogP contribution < -0.4 is 4.74 Å². The Bertz CT molecular complexity index is 398. The highest BCUT2D eigenvalue weighted by atomic mass is 35.5. The summed E-state index contributed by atoms with van der Waals surface area (Å²) >= 11 is 5.63. The molecule has 0 aromatic heterocycles. The van der Waals surface area contributed by atoms with E-state index in [2.05, 4.69) is 0 Å². The van der Waals surface area contributed by atoms with Crippen LogP contribution in [0.2, 0.25) is 5.02 Å². The summed E-state index contributed by atoms with van der Waals surface area (Å²) in [5.74, 6) is -4.33. The molecule has 0 aliphatic carbocycles. The predicted octanol–water partition coefficient (Wildman–Crippen LogP) is 3.28. The summed E-state index contributed by atoms with van der Waals surface area (Å²) in [6, 6.07) is 3.22. The number of aliphatic hydroxyl groups excluding tert-OH is 1. The molecular weight excluding hydrogens is 264 g/mol. The Kier molecular flexibility index (Phi) is 4.21. The van der Waals surface area contributed by atoms with E-state index in [1.165, 1.54) is 13.2 Å². The van der Waals surface area contributed by atoms with Gasteiger partial charge in [-0.3, -0.25) is 0 Å². The fourth-order valence-corrected chi connectivity index (χ4v) is 1.46. The molecule has 0 fully saturated rings. The zero-order valence-electron chi connectivity index (χ0n) is 8.63. The van der Waals surface area contributed by atoms with Crippen LogP contribution in [-0.2, 0) is 0 Å². The van der Waals surface area contributed by atoms with Gasteiger partial charge in [0, 0.05) is 0 Å². The minimum atomic E-state index is -4.53. The van der Waals surface area contributed by atoms with Crippen LogP contribution in [0, 0.1) is 0 Å². The van der Waals surface area contributed by atoms with Gasteiger partial charge in [-0.1, -0.05) is 17.7 Å². The highest BCUT2D eigenvalue weighted by Gasteiger charge is 2.48. The smallest absolute Gasteiger partial charge is 0.336 e. The summed E-state index contributed by atoms with van der Waals surface area (Å²) in [5.41, 5.74) is -0.402. The fourth-order valence-electron chi connectivity index (χ4n) is 1.19. The molecule has 0 radical (unpaired) electrons. The number of benzene rings is 1. The molecule has 0 saturated heterocycles. The number of hydrogen-bond donors (Lipinski definition) is 1. The number of aliphatic hydroxyl groups is 1. The second-order valence-electron chi connectivity index (χ2n) is 3.27. The van der Waals surface area contributed by atoms with Crippen molar-refractivity contribution in [2.24, 2.45) is 0 Å². The topological polar surface area (TPSA) is 29.5 Å². The van der Waals surface area contributed by atoms with Gasteiger partial charge in [0.15, 0.2) is 0 Å².